The Morgan fingerprint density at radius 3 is 1.02 bits per heavy atom. The first kappa shape index (κ1) is 34.1. The van der Waals surface area contributed by atoms with Gasteiger partial charge in [-0.05, 0) is 69.9 Å². The number of benzene rings is 2. The van der Waals surface area contributed by atoms with Gasteiger partial charge in [-0.15, -0.1) is 0 Å². The van der Waals surface area contributed by atoms with Gasteiger partial charge in [-0.2, -0.15) is 0 Å². The van der Waals surface area contributed by atoms with Crippen molar-refractivity contribution in [3.8, 4) is 11.5 Å². The summed E-state index contributed by atoms with van der Waals surface area (Å²) in [6.07, 6.45) is -3.96. The average molecular weight is 559 g/mol. The Labute approximate surface area is 242 Å². The molecular weight excluding hydrogens is 504 g/mol. The van der Waals surface area contributed by atoms with Gasteiger partial charge in [0.25, 0.3) is 0 Å². The molecule has 0 aromatic heterocycles. The maximum atomic E-state index is 10.4. The minimum absolute atomic E-state index is 0.000307. The van der Waals surface area contributed by atoms with Crippen LogP contribution in [0.5, 0.6) is 11.5 Å². The predicted octanol–water partition coefficient (Wildman–Crippen LogP) is 6.02. The molecule has 2 aromatic rings. The monoisotopic (exact) mass is 558 g/mol. The van der Waals surface area contributed by atoms with E-state index < -0.39 is 24.4 Å². The van der Waals surface area contributed by atoms with Gasteiger partial charge in [0.15, 0.2) is 0 Å². The van der Waals surface area contributed by atoms with Gasteiger partial charge in [0.1, 0.15) is 49.1 Å². The number of rotatable bonds is 13. The molecule has 0 aliphatic heterocycles. The van der Waals surface area contributed by atoms with E-state index in [0.717, 1.165) is 12.8 Å². The Kier molecular flexibility index (Phi) is 11.3. The standard InChI is InChI=1S/C34H54O6/c1-31(2,3)21-33(7,8)23-11-15-25(16-12-23)39-19-27(35)29(37)30(38)28(36)20-40-26-17-13-24(14-18-26)34(9,10)22-32(4,5)6/h11-18,27-30,35-38H,19-22H2,1-10H3/t27-,28-,29-,30-/m1/s1. The van der Waals surface area contributed by atoms with Crippen molar-refractivity contribution >= 4 is 0 Å². The summed E-state index contributed by atoms with van der Waals surface area (Å²) < 4.78 is 11.3. The van der Waals surface area contributed by atoms with Gasteiger partial charge in [0, 0.05) is 0 Å². The van der Waals surface area contributed by atoms with E-state index in [1.807, 2.05) is 48.5 Å². The van der Waals surface area contributed by atoms with Crippen molar-refractivity contribution in [1.82, 2.24) is 0 Å². The van der Waals surface area contributed by atoms with Crippen LogP contribution in [0.25, 0.3) is 0 Å². The summed E-state index contributed by atoms with van der Waals surface area (Å²) in [6.45, 7) is 21.8. The molecule has 40 heavy (non-hydrogen) atoms. The second kappa shape index (κ2) is 13.2. The highest BCUT2D eigenvalue weighted by atomic mass is 16.5. The van der Waals surface area contributed by atoms with Gasteiger partial charge in [-0.25, -0.2) is 0 Å². The van der Waals surface area contributed by atoms with Crippen molar-refractivity contribution in [3.63, 3.8) is 0 Å². The van der Waals surface area contributed by atoms with Crippen LogP contribution in [0.2, 0.25) is 0 Å². The van der Waals surface area contributed by atoms with E-state index in [4.69, 9.17) is 9.47 Å². The van der Waals surface area contributed by atoms with Gasteiger partial charge < -0.3 is 29.9 Å². The van der Waals surface area contributed by atoms with Crippen molar-refractivity contribution in [2.75, 3.05) is 13.2 Å². The van der Waals surface area contributed by atoms with Crippen LogP contribution in [0.15, 0.2) is 48.5 Å². The van der Waals surface area contributed by atoms with Gasteiger partial charge >= 0.3 is 0 Å². The lowest BCUT2D eigenvalue weighted by atomic mass is 9.72. The highest BCUT2D eigenvalue weighted by molar-refractivity contribution is 5.33. The fraction of sp³-hybridized carbons (Fsp3) is 0.647. The highest BCUT2D eigenvalue weighted by Crippen LogP contribution is 2.37. The fourth-order valence-corrected chi connectivity index (χ4v) is 5.88. The fourth-order valence-electron chi connectivity index (χ4n) is 5.88. The largest absolute Gasteiger partial charge is 0.491 e. The zero-order valence-corrected chi connectivity index (χ0v) is 26.4. The van der Waals surface area contributed by atoms with Gasteiger partial charge in [0.05, 0.1) is 0 Å². The van der Waals surface area contributed by atoms with Crippen LogP contribution in [0.4, 0.5) is 0 Å². The Bertz CT molecular complexity index is 943. The quantitative estimate of drug-likeness (QED) is 0.240. The summed E-state index contributed by atoms with van der Waals surface area (Å²) in [5, 5.41) is 41.6. The summed E-state index contributed by atoms with van der Waals surface area (Å²) in [5.74, 6) is 1.10. The van der Waals surface area contributed by atoms with E-state index in [1.165, 1.54) is 11.1 Å². The molecule has 0 aliphatic rings. The Morgan fingerprint density at radius 1 is 0.500 bits per heavy atom. The molecule has 6 nitrogen and oxygen atoms in total. The molecule has 0 bridgehead atoms. The summed E-state index contributed by atoms with van der Waals surface area (Å²) in [4.78, 5) is 0. The maximum Gasteiger partial charge on any atom is 0.119 e. The topological polar surface area (TPSA) is 99.4 Å². The Morgan fingerprint density at radius 2 is 0.775 bits per heavy atom. The van der Waals surface area contributed by atoms with Crippen LogP contribution < -0.4 is 9.47 Å². The molecule has 2 aromatic carbocycles. The molecule has 0 saturated carbocycles. The molecule has 0 heterocycles. The molecule has 0 spiro atoms. The lowest BCUT2D eigenvalue weighted by Crippen LogP contribution is -2.48. The van der Waals surface area contributed by atoms with E-state index >= 15 is 0 Å². The molecule has 0 fully saturated rings. The molecule has 0 radical (unpaired) electrons. The number of aliphatic hydroxyl groups excluding tert-OH is 4. The van der Waals surface area contributed by atoms with Crippen molar-refractivity contribution in [3.05, 3.63) is 59.7 Å². The second-order valence-corrected chi connectivity index (χ2v) is 15.0. The first-order chi connectivity index (χ1) is 18.2. The number of ether oxygens (including phenoxy) is 2. The van der Waals surface area contributed by atoms with Gasteiger partial charge in [-0.1, -0.05) is 93.5 Å². The SMILES string of the molecule is CC(C)(C)CC(C)(C)c1ccc(OC[C@@H](O)[C@@H](O)[C@H](O)[C@H](O)COc2ccc(C(C)(C)CC(C)(C)C)cc2)cc1. The lowest BCUT2D eigenvalue weighted by Gasteiger charge is -2.33. The molecule has 0 saturated heterocycles. The van der Waals surface area contributed by atoms with Crippen molar-refractivity contribution in [2.24, 2.45) is 10.8 Å². The van der Waals surface area contributed by atoms with Gasteiger partial charge in [-0.3, -0.25) is 0 Å². The van der Waals surface area contributed by atoms with Gasteiger partial charge in [0.2, 0.25) is 0 Å². The van der Waals surface area contributed by atoms with E-state index in [-0.39, 0.29) is 34.9 Å². The van der Waals surface area contributed by atoms with Crippen molar-refractivity contribution < 1.29 is 29.9 Å². The smallest absolute Gasteiger partial charge is 0.119 e. The molecule has 4 N–H and O–H groups in total. The number of hydrogen-bond acceptors (Lipinski definition) is 6. The molecule has 2 rings (SSSR count). The molecular formula is C34H54O6. The molecule has 0 aliphatic carbocycles. The van der Waals surface area contributed by atoms with Crippen LogP contribution in [0, 0.1) is 10.8 Å². The van der Waals surface area contributed by atoms with Crippen molar-refractivity contribution in [2.45, 2.75) is 117 Å². The number of aliphatic hydroxyl groups is 4. The number of hydrogen-bond donors (Lipinski definition) is 4. The van der Waals surface area contributed by atoms with E-state index in [2.05, 4.69) is 69.2 Å². The highest BCUT2D eigenvalue weighted by Gasteiger charge is 2.32. The maximum absolute atomic E-state index is 10.4. The third-order valence-electron chi connectivity index (χ3n) is 7.20. The first-order valence-corrected chi connectivity index (χ1v) is 14.4. The third-order valence-corrected chi connectivity index (χ3v) is 7.20. The second-order valence-electron chi connectivity index (χ2n) is 15.0. The molecule has 0 amide bonds. The van der Waals surface area contributed by atoms with E-state index in [1.54, 1.807) is 0 Å². The van der Waals surface area contributed by atoms with E-state index in [0.29, 0.717) is 11.5 Å². The van der Waals surface area contributed by atoms with Crippen LogP contribution >= 0.6 is 0 Å². The minimum atomic E-state index is -1.61. The molecule has 0 unspecified atom stereocenters. The zero-order chi connectivity index (χ0) is 30.5. The van der Waals surface area contributed by atoms with E-state index in [9.17, 15) is 20.4 Å². The summed E-state index contributed by atoms with van der Waals surface area (Å²) >= 11 is 0. The Balaban J connectivity index is 1.86. The predicted molar refractivity (Wildman–Crippen MR) is 162 cm³/mol. The molecule has 4 atom stereocenters. The van der Waals surface area contributed by atoms with Crippen LogP contribution in [-0.4, -0.2) is 58.1 Å². The normalized spacial score (nSPS) is 16.2. The summed E-state index contributed by atoms with van der Waals surface area (Å²) in [5.41, 5.74) is 2.78. The van der Waals surface area contributed by atoms with Crippen molar-refractivity contribution in [1.29, 1.82) is 0 Å². The average Bonchev–Trinajstić information content (AvgIpc) is 2.82. The minimum Gasteiger partial charge on any atom is -0.491 e. The zero-order valence-electron chi connectivity index (χ0n) is 26.4. The molecule has 226 valence electrons. The van der Waals surface area contributed by atoms with Crippen LogP contribution in [0.1, 0.15) is 93.2 Å². The third kappa shape index (κ3) is 10.7. The van der Waals surface area contributed by atoms with Crippen LogP contribution in [-0.2, 0) is 10.8 Å². The summed E-state index contributed by atoms with van der Waals surface area (Å²) in [6, 6.07) is 15.4. The van der Waals surface area contributed by atoms with Crippen LogP contribution in [0.3, 0.4) is 0 Å². The Hall–Kier alpha value is -2.12. The lowest BCUT2D eigenvalue weighted by molar-refractivity contribution is -0.119. The molecule has 6 heteroatoms. The summed E-state index contributed by atoms with van der Waals surface area (Å²) in [7, 11) is 0. The first-order valence-electron chi connectivity index (χ1n) is 14.4.